The Balaban J connectivity index is 0.000000113. The number of nitrogens with one attached hydrogen (secondary N) is 4. The molecule has 0 unspecified atom stereocenters. The van der Waals surface area contributed by atoms with E-state index in [0.29, 0.717) is 66.1 Å². The van der Waals surface area contributed by atoms with E-state index in [2.05, 4.69) is 103 Å². The number of amides is 8. The topological polar surface area (TPSA) is 331 Å². The molecule has 20 heterocycles. The standard InChI is InChI=1S/C22H25F3N6O.2C21H21N7O.C19H20N8O/c23-22(24,25)15-5-3-12-30(13-15)19-9-8-17-20(28-19)31(16-6-4-11-29(17)14-16)21(32)27-18-7-1-2-10-26-18;1-14-11-15(6-9-23-14)17-4-5-18-20(25-17)28(16-3-2-10-27(18)12-16)21(29)26-19-7-8-22-13-24-19;1-14-11-15(6-7-23-14)17-4-5-18-20(25-17)28(16-3-2-10-27(18)13-16)21(29)26-19-12-22-8-9-24-19;1-12-9-13(5-7-20-12)15-3-4-16-17(22-15)27(14-6-8-26(16)10-14)19(28)23-18-21-11-25(2)24-18/h1-2,7-10,15-16H,3-6,11-14H2,(H,26,27,32);4-9,11,13,16H,2-3,10,12H2,1H3,(H,22,24,26,29);4-9,11-12,16H,2-3,10,13H2,1H3,(H,24,26,29);3-5,7,9,11,14H,6,8,10H2,1-2H3,(H,23,24,28)/t15-,16-;2*16-;14-/m0000/s1. The summed E-state index contributed by atoms with van der Waals surface area (Å²) in [6.07, 6.45) is 19.3. The van der Waals surface area contributed by atoms with E-state index < -0.39 is 12.1 Å². The number of carbonyl (C=O) groups is 4. The zero-order chi connectivity index (χ0) is 81.1. The first-order valence-corrected chi connectivity index (χ1v) is 39.7. The monoisotopic (exact) mass is 1600 g/mol. The third-order valence-corrected chi connectivity index (χ3v) is 22.5. The van der Waals surface area contributed by atoms with Gasteiger partial charge in [0.15, 0.2) is 29.1 Å². The molecule has 0 spiro atoms. The number of aryl methyl sites for hydroxylation is 4. The fraction of sp³-hybridized carbons (Fsp3) is 0.349. The van der Waals surface area contributed by atoms with Crippen LogP contribution in [0.25, 0.3) is 33.8 Å². The molecule has 8 amide bonds. The molecule has 11 aromatic rings. The molecule has 604 valence electrons. The maximum Gasteiger partial charge on any atom is 0.393 e. The quantitative estimate of drug-likeness (QED) is 0.110. The highest BCUT2D eigenvalue weighted by molar-refractivity contribution is 6.07. The second kappa shape index (κ2) is 33.3. The minimum absolute atomic E-state index is 0.0491. The Bertz CT molecular complexity index is 5330. The predicted octanol–water partition coefficient (Wildman–Crippen LogP) is 13.0. The van der Waals surface area contributed by atoms with Gasteiger partial charge in [-0.1, -0.05) is 6.07 Å². The number of anilines is 13. The summed E-state index contributed by atoms with van der Waals surface area (Å²) >= 11 is 0. The summed E-state index contributed by atoms with van der Waals surface area (Å²) in [5.41, 5.74) is 12.0. The van der Waals surface area contributed by atoms with Gasteiger partial charge in [0, 0.05) is 150 Å². The van der Waals surface area contributed by atoms with Gasteiger partial charge in [-0.05, 0) is 182 Å². The number of pyridine rings is 8. The molecule has 0 aliphatic carbocycles. The smallest absolute Gasteiger partial charge is 0.366 e. The van der Waals surface area contributed by atoms with E-state index in [1.807, 2.05) is 87.5 Å². The number of piperidine rings is 4. The van der Waals surface area contributed by atoms with Crippen LogP contribution in [-0.2, 0) is 7.05 Å². The van der Waals surface area contributed by atoms with Gasteiger partial charge in [0.2, 0.25) is 5.95 Å². The number of hydrogen-bond acceptors (Lipinski definition) is 23. The number of aromatic nitrogens is 15. The molecule has 11 aromatic heterocycles. The van der Waals surface area contributed by atoms with Gasteiger partial charge in [-0.3, -0.25) is 65.5 Å². The molecule has 20 rings (SSSR count). The van der Waals surface area contributed by atoms with E-state index in [1.54, 1.807) is 122 Å². The maximum atomic E-state index is 13.3. The Hall–Kier alpha value is -13.6. The molecule has 32 nitrogen and oxygen atoms in total. The third kappa shape index (κ3) is 16.5. The maximum absolute atomic E-state index is 13.3. The molecule has 5 fully saturated rings. The van der Waals surface area contributed by atoms with Crippen molar-refractivity contribution in [3.8, 4) is 33.8 Å². The van der Waals surface area contributed by atoms with Gasteiger partial charge in [-0.25, -0.2) is 64.0 Å². The summed E-state index contributed by atoms with van der Waals surface area (Å²) in [5.74, 6) is 3.32. The lowest BCUT2D eigenvalue weighted by Gasteiger charge is -2.46. The van der Waals surface area contributed by atoms with E-state index in [4.69, 9.17) is 19.9 Å². The zero-order valence-corrected chi connectivity index (χ0v) is 65.5. The SMILES string of the molecule is Cc1cc(-c2ccc3c(n2)N(C(=O)Nc2ccncn2)[C@H]2CCCN3C2)ccn1.Cc1cc(-c2ccc3c(n2)N(C(=O)Nc2cnccn2)[C@H]2CCCN3C2)ccn1.Cc1cc(-c2ccc3c(n2)N(C(=O)Nc2ncn(C)n2)[C@H]2CCN3C2)ccn1.O=C(Nc1ccccn1)N1c2nc(N3CCC[C@H](C(F)(F)F)C3)ccc2N2CCC[C@H]1C2. The van der Waals surface area contributed by atoms with Crippen LogP contribution in [0, 0.1) is 26.7 Å². The van der Waals surface area contributed by atoms with Crippen molar-refractivity contribution in [2.75, 3.05) is 131 Å². The van der Waals surface area contributed by atoms with Gasteiger partial charge in [-0.15, -0.1) is 5.10 Å². The van der Waals surface area contributed by atoms with E-state index in [9.17, 15) is 32.3 Å². The molecule has 35 heteroatoms. The molecular formula is C83H87F3N28O4. The first-order chi connectivity index (χ1) is 57.4. The molecule has 0 aromatic carbocycles. The first-order valence-electron chi connectivity index (χ1n) is 39.7. The number of fused-ring (bicyclic) bond motifs is 16. The Morgan fingerprint density at radius 1 is 0.398 bits per heavy atom. The predicted molar refractivity (Wildman–Crippen MR) is 443 cm³/mol. The van der Waals surface area contributed by atoms with Crippen molar-refractivity contribution in [1.29, 1.82) is 0 Å². The van der Waals surface area contributed by atoms with Crippen LogP contribution in [0.1, 0.15) is 74.9 Å². The molecule has 8 bridgehead atoms. The molecule has 4 N–H and O–H groups in total. The third-order valence-electron chi connectivity index (χ3n) is 22.5. The largest absolute Gasteiger partial charge is 0.393 e. The van der Waals surface area contributed by atoms with Gasteiger partial charge in [0.05, 0.1) is 76.1 Å². The summed E-state index contributed by atoms with van der Waals surface area (Å²) in [4.78, 5) is 127. The minimum atomic E-state index is -4.22. The number of hydrogen-bond donors (Lipinski definition) is 4. The van der Waals surface area contributed by atoms with E-state index in [-0.39, 0.29) is 67.2 Å². The summed E-state index contributed by atoms with van der Waals surface area (Å²) in [5, 5.41) is 15.5. The van der Waals surface area contributed by atoms with Crippen molar-refractivity contribution >= 4 is 99.4 Å². The van der Waals surface area contributed by atoms with E-state index in [0.717, 1.165) is 164 Å². The van der Waals surface area contributed by atoms with Crippen molar-refractivity contribution in [2.24, 2.45) is 13.0 Å². The van der Waals surface area contributed by atoms with Crippen molar-refractivity contribution in [3.05, 3.63) is 189 Å². The van der Waals surface area contributed by atoms with Crippen molar-refractivity contribution in [1.82, 2.24) is 74.6 Å². The zero-order valence-electron chi connectivity index (χ0n) is 65.5. The molecular weight excluding hydrogens is 1510 g/mol. The van der Waals surface area contributed by atoms with Gasteiger partial charge in [-0.2, -0.15) is 13.2 Å². The van der Waals surface area contributed by atoms with Crippen LogP contribution >= 0.6 is 0 Å². The number of urea groups is 4. The van der Waals surface area contributed by atoms with E-state index >= 15 is 0 Å². The summed E-state index contributed by atoms with van der Waals surface area (Å²) < 4.78 is 41.5. The molecule has 9 aliphatic heterocycles. The van der Waals surface area contributed by atoms with Crippen molar-refractivity contribution < 1.29 is 32.3 Å². The van der Waals surface area contributed by atoms with Crippen LogP contribution in [0.3, 0.4) is 0 Å². The summed E-state index contributed by atoms with van der Waals surface area (Å²) in [7, 11) is 1.76. The highest BCUT2D eigenvalue weighted by Gasteiger charge is 2.46. The lowest BCUT2D eigenvalue weighted by Crippen LogP contribution is -2.56. The number of halogens is 3. The minimum Gasteiger partial charge on any atom is -0.366 e. The average molecular weight is 1600 g/mol. The molecule has 5 saturated heterocycles. The molecule has 9 aliphatic rings. The average Bonchev–Trinajstić information content (AvgIpc) is 1.12. The normalized spacial score (nSPS) is 19.1. The Labute approximate surface area is 678 Å². The second-order valence-electron chi connectivity index (χ2n) is 30.5. The van der Waals surface area contributed by atoms with Crippen molar-refractivity contribution in [3.63, 3.8) is 0 Å². The lowest BCUT2D eigenvalue weighted by molar-refractivity contribution is -0.176. The Kier molecular flexibility index (Phi) is 21.7. The molecule has 5 atom stereocenters. The van der Waals surface area contributed by atoms with Crippen LogP contribution in [0.2, 0.25) is 0 Å². The second-order valence-corrected chi connectivity index (χ2v) is 30.5. The van der Waals surface area contributed by atoms with Crippen LogP contribution in [0.15, 0.2) is 171 Å². The van der Waals surface area contributed by atoms with Gasteiger partial charge >= 0.3 is 30.3 Å². The number of alkyl halides is 3. The Morgan fingerprint density at radius 3 is 1.30 bits per heavy atom. The van der Waals surface area contributed by atoms with E-state index in [1.165, 1.54) is 6.33 Å². The molecule has 0 saturated carbocycles. The first kappa shape index (κ1) is 77.0. The number of nitrogens with zero attached hydrogens (tertiary/aromatic N) is 24. The van der Waals surface area contributed by atoms with Crippen LogP contribution in [-0.4, -0.2) is 194 Å². The van der Waals surface area contributed by atoms with Gasteiger partial charge < -0.3 is 24.5 Å². The summed E-state index contributed by atoms with van der Waals surface area (Å²) in [6.45, 7) is 13.2. The van der Waals surface area contributed by atoms with Gasteiger partial charge in [0.1, 0.15) is 30.1 Å². The fourth-order valence-electron chi connectivity index (χ4n) is 17.0. The van der Waals surface area contributed by atoms with Crippen molar-refractivity contribution in [2.45, 2.75) is 109 Å². The van der Waals surface area contributed by atoms with Crippen LogP contribution in [0.5, 0.6) is 0 Å². The fourth-order valence-corrected chi connectivity index (χ4v) is 17.0. The lowest BCUT2D eigenvalue weighted by atomic mass is 9.97. The number of carbonyl (C=O) groups excluding carboxylic acids is 4. The highest BCUT2D eigenvalue weighted by atomic mass is 19.4. The number of rotatable bonds is 8. The molecule has 118 heavy (non-hydrogen) atoms. The molecule has 0 radical (unpaired) electrons. The van der Waals surface area contributed by atoms with Crippen LogP contribution < -0.4 is 65.4 Å². The van der Waals surface area contributed by atoms with Gasteiger partial charge in [0.25, 0.3) is 0 Å². The highest BCUT2D eigenvalue weighted by Crippen LogP contribution is 2.46. The summed E-state index contributed by atoms with van der Waals surface area (Å²) in [6, 6.07) is 33.8. The van der Waals surface area contributed by atoms with Crippen LogP contribution in [0.4, 0.5) is 108 Å². The Morgan fingerprint density at radius 2 is 0.847 bits per heavy atom.